The molecule has 0 saturated carbocycles. The van der Waals surface area contributed by atoms with Crippen LogP contribution >= 0.6 is 0 Å². The van der Waals surface area contributed by atoms with Crippen molar-refractivity contribution >= 4 is 0 Å². The molecular weight excluding hydrogens is 154 g/mol. The van der Waals surface area contributed by atoms with E-state index >= 15 is 0 Å². The minimum absolute atomic E-state index is 0.0238. The predicted octanol–water partition coefficient (Wildman–Crippen LogP) is -0.180. The van der Waals surface area contributed by atoms with E-state index in [2.05, 4.69) is 9.97 Å². The molecular formula is C8H13N3O. The van der Waals surface area contributed by atoms with Crippen LogP contribution in [0, 0.1) is 6.92 Å². The van der Waals surface area contributed by atoms with Gasteiger partial charge in [0.05, 0.1) is 18.0 Å². The van der Waals surface area contributed by atoms with Crippen LogP contribution in [-0.2, 0) is 0 Å². The average molecular weight is 167 g/mol. The van der Waals surface area contributed by atoms with E-state index in [0.29, 0.717) is 6.54 Å². The Kier molecular flexibility index (Phi) is 3.13. The molecule has 66 valence electrons. The number of aliphatic hydroxyl groups excluding tert-OH is 1. The van der Waals surface area contributed by atoms with Crippen molar-refractivity contribution in [3.8, 4) is 0 Å². The summed E-state index contributed by atoms with van der Waals surface area (Å²) in [5, 5.41) is 8.96. The summed E-state index contributed by atoms with van der Waals surface area (Å²) in [4.78, 5) is 8.18. The summed E-state index contributed by atoms with van der Waals surface area (Å²) in [7, 11) is 0. The summed E-state index contributed by atoms with van der Waals surface area (Å²) in [6, 6.07) is 0. The van der Waals surface area contributed by atoms with E-state index in [1.807, 2.05) is 6.92 Å². The third kappa shape index (κ3) is 1.78. The highest BCUT2D eigenvalue weighted by atomic mass is 16.3. The van der Waals surface area contributed by atoms with Crippen molar-refractivity contribution < 1.29 is 5.11 Å². The number of hydrogen-bond donors (Lipinski definition) is 2. The number of rotatable bonds is 3. The third-order valence-corrected chi connectivity index (χ3v) is 1.81. The molecule has 1 unspecified atom stereocenters. The van der Waals surface area contributed by atoms with Crippen LogP contribution in [-0.4, -0.2) is 28.2 Å². The summed E-state index contributed by atoms with van der Waals surface area (Å²) in [6.07, 6.45) is 3.24. The molecule has 0 amide bonds. The van der Waals surface area contributed by atoms with E-state index in [1.165, 1.54) is 0 Å². The summed E-state index contributed by atoms with van der Waals surface area (Å²) >= 11 is 0. The Morgan fingerprint density at radius 1 is 1.50 bits per heavy atom. The van der Waals surface area contributed by atoms with E-state index in [4.69, 9.17) is 10.8 Å². The highest BCUT2D eigenvalue weighted by Crippen LogP contribution is 2.12. The van der Waals surface area contributed by atoms with Crippen molar-refractivity contribution in [1.29, 1.82) is 0 Å². The molecule has 0 radical (unpaired) electrons. The second kappa shape index (κ2) is 4.13. The maximum atomic E-state index is 8.96. The average Bonchev–Trinajstić information content (AvgIpc) is 2.10. The number of nitrogens with two attached hydrogens (primary N) is 1. The van der Waals surface area contributed by atoms with Crippen LogP contribution in [0.1, 0.15) is 17.3 Å². The van der Waals surface area contributed by atoms with Crippen LogP contribution < -0.4 is 5.73 Å². The van der Waals surface area contributed by atoms with Crippen molar-refractivity contribution in [3.05, 3.63) is 23.8 Å². The molecule has 12 heavy (non-hydrogen) atoms. The molecule has 0 saturated heterocycles. The molecule has 0 bridgehead atoms. The van der Waals surface area contributed by atoms with Crippen molar-refractivity contribution in [2.24, 2.45) is 5.73 Å². The molecule has 1 heterocycles. The van der Waals surface area contributed by atoms with Crippen LogP contribution in [0.4, 0.5) is 0 Å². The predicted molar refractivity (Wildman–Crippen MR) is 45.7 cm³/mol. The lowest BCUT2D eigenvalue weighted by atomic mass is 10.1. The summed E-state index contributed by atoms with van der Waals surface area (Å²) in [5.41, 5.74) is 7.09. The normalized spacial score (nSPS) is 12.9. The molecule has 1 rings (SSSR count). The SMILES string of the molecule is Cc1nccnc1C(CN)CO. The van der Waals surface area contributed by atoms with Crippen LogP contribution in [0.15, 0.2) is 12.4 Å². The quantitative estimate of drug-likeness (QED) is 0.655. The van der Waals surface area contributed by atoms with Crippen molar-refractivity contribution in [3.63, 3.8) is 0 Å². The lowest BCUT2D eigenvalue weighted by molar-refractivity contribution is 0.265. The Bertz CT molecular complexity index is 248. The number of nitrogens with zero attached hydrogens (tertiary/aromatic N) is 2. The fourth-order valence-corrected chi connectivity index (χ4v) is 1.09. The number of aromatic nitrogens is 2. The fraction of sp³-hybridized carbons (Fsp3) is 0.500. The van der Waals surface area contributed by atoms with Gasteiger partial charge in [0.1, 0.15) is 0 Å². The zero-order valence-electron chi connectivity index (χ0n) is 7.07. The molecule has 0 aliphatic heterocycles. The summed E-state index contributed by atoms with van der Waals surface area (Å²) in [5.74, 6) is -0.0845. The van der Waals surface area contributed by atoms with Crippen LogP contribution in [0.25, 0.3) is 0 Å². The van der Waals surface area contributed by atoms with E-state index in [0.717, 1.165) is 11.4 Å². The first-order valence-corrected chi connectivity index (χ1v) is 3.88. The van der Waals surface area contributed by atoms with Gasteiger partial charge in [-0.3, -0.25) is 9.97 Å². The molecule has 0 spiro atoms. The van der Waals surface area contributed by atoms with E-state index in [-0.39, 0.29) is 12.5 Å². The number of aryl methyl sites for hydroxylation is 1. The van der Waals surface area contributed by atoms with E-state index < -0.39 is 0 Å². The minimum Gasteiger partial charge on any atom is -0.396 e. The zero-order chi connectivity index (χ0) is 8.97. The van der Waals surface area contributed by atoms with Crippen LogP contribution in [0.3, 0.4) is 0 Å². The molecule has 3 N–H and O–H groups in total. The maximum absolute atomic E-state index is 8.96. The zero-order valence-corrected chi connectivity index (χ0v) is 7.07. The smallest absolute Gasteiger partial charge is 0.0682 e. The number of aliphatic hydroxyl groups is 1. The van der Waals surface area contributed by atoms with Gasteiger partial charge in [-0.05, 0) is 6.92 Å². The molecule has 1 aromatic rings. The first-order valence-electron chi connectivity index (χ1n) is 3.88. The topological polar surface area (TPSA) is 72.0 Å². The highest BCUT2D eigenvalue weighted by molar-refractivity contribution is 5.14. The standard InChI is InChI=1S/C8H13N3O/c1-6-8(7(4-9)5-12)11-3-2-10-6/h2-3,7,12H,4-5,9H2,1H3. The van der Waals surface area contributed by atoms with Crippen molar-refractivity contribution in [1.82, 2.24) is 9.97 Å². The minimum atomic E-state index is -0.0845. The molecule has 0 aromatic carbocycles. The van der Waals surface area contributed by atoms with Gasteiger partial charge in [-0.15, -0.1) is 0 Å². The Balaban J connectivity index is 2.92. The summed E-state index contributed by atoms with van der Waals surface area (Å²) < 4.78 is 0. The van der Waals surface area contributed by atoms with Gasteiger partial charge in [-0.2, -0.15) is 0 Å². The van der Waals surface area contributed by atoms with E-state index in [1.54, 1.807) is 12.4 Å². The van der Waals surface area contributed by atoms with Crippen LogP contribution in [0.2, 0.25) is 0 Å². The maximum Gasteiger partial charge on any atom is 0.0682 e. The molecule has 4 nitrogen and oxygen atoms in total. The molecule has 0 fully saturated rings. The first-order chi connectivity index (χ1) is 5.79. The molecule has 0 aliphatic rings. The van der Waals surface area contributed by atoms with Gasteiger partial charge in [-0.1, -0.05) is 0 Å². The van der Waals surface area contributed by atoms with Gasteiger partial charge < -0.3 is 10.8 Å². The Morgan fingerprint density at radius 3 is 2.67 bits per heavy atom. The van der Waals surface area contributed by atoms with Gasteiger partial charge in [0.2, 0.25) is 0 Å². The Morgan fingerprint density at radius 2 is 2.17 bits per heavy atom. The van der Waals surface area contributed by atoms with Gasteiger partial charge in [0.15, 0.2) is 0 Å². The molecule has 1 atom stereocenters. The molecule has 0 aliphatic carbocycles. The fourth-order valence-electron chi connectivity index (χ4n) is 1.09. The van der Waals surface area contributed by atoms with Crippen molar-refractivity contribution in [2.45, 2.75) is 12.8 Å². The number of hydrogen-bond acceptors (Lipinski definition) is 4. The summed E-state index contributed by atoms with van der Waals surface area (Å²) in [6.45, 7) is 2.28. The lowest BCUT2D eigenvalue weighted by Gasteiger charge is -2.11. The monoisotopic (exact) mass is 167 g/mol. The van der Waals surface area contributed by atoms with Gasteiger partial charge in [-0.25, -0.2) is 0 Å². The van der Waals surface area contributed by atoms with E-state index in [9.17, 15) is 0 Å². The Hall–Kier alpha value is -1.00. The largest absolute Gasteiger partial charge is 0.396 e. The van der Waals surface area contributed by atoms with Gasteiger partial charge in [0.25, 0.3) is 0 Å². The van der Waals surface area contributed by atoms with Gasteiger partial charge in [0, 0.05) is 24.9 Å². The highest BCUT2D eigenvalue weighted by Gasteiger charge is 2.12. The second-order valence-corrected chi connectivity index (χ2v) is 2.64. The molecule has 1 aromatic heterocycles. The molecule has 4 heteroatoms. The first kappa shape index (κ1) is 9.09. The second-order valence-electron chi connectivity index (χ2n) is 2.64. The van der Waals surface area contributed by atoms with Crippen molar-refractivity contribution in [2.75, 3.05) is 13.2 Å². The third-order valence-electron chi connectivity index (χ3n) is 1.81. The van der Waals surface area contributed by atoms with Crippen LogP contribution in [0.5, 0.6) is 0 Å². The van der Waals surface area contributed by atoms with Gasteiger partial charge >= 0.3 is 0 Å². The Labute approximate surface area is 71.5 Å². The lowest BCUT2D eigenvalue weighted by Crippen LogP contribution is -2.18.